The summed E-state index contributed by atoms with van der Waals surface area (Å²) in [5.41, 5.74) is -0.0547. The largest absolute Gasteiger partial charge is 0.387 e. The van der Waals surface area contributed by atoms with Gasteiger partial charge in [0.2, 0.25) is 0 Å². The van der Waals surface area contributed by atoms with Crippen LogP contribution in [0.15, 0.2) is 23.3 Å². The Kier molecular flexibility index (Phi) is 6.89. The van der Waals surface area contributed by atoms with Gasteiger partial charge in [-0.2, -0.15) is 5.26 Å². The van der Waals surface area contributed by atoms with Crippen LogP contribution in [0.3, 0.4) is 0 Å². The Balaban J connectivity index is 1.67. The first-order chi connectivity index (χ1) is 18.4. The van der Waals surface area contributed by atoms with Crippen molar-refractivity contribution < 1.29 is 23.5 Å². The van der Waals surface area contributed by atoms with E-state index in [0.29, 0.717) is 11.7 Å². The number of aliphatic hydroxyl groups is 1. The number of carbonyl (C=O) groups excluding carboxylic acids is 1. The number of hydrogen-bond donors (Lipinski definition) is 1. The molecule has 0 heterocycles. The van der Waals surface area contributed by atoms with Crippen LogP contribution in [-0.2, 0) is 18.4 Å². The normalized spacial score (nSPS) is 45.6. The van der Waals surface area contributed by atoms with Crippen LogP contribution in [0.25, 0.3) is 0 Å². The van der Waals surface area contributed by atoms with E-state index in [4.69, 9.17) is 9.05 Å². The Morgan fingerprint density at radius 3 is 2.25 bits per heavy atom. The van der Waals surface area contributed by atoms with Gasteiger partial charge in [0.05, 0.1) is 23.9 Å². The summed E-state index contributed by atoms with van der Waals surface area (Å²) in [7, 11) is -0.326. The number of ketones is 1. The second-order valence-electron chi connectivity index (χ2n) is 16.0. The average molecular weight is 572 g/mol. The lowest BCUT2D eigenvalue weighted by Gasteiger charge is -2.69. The van der Waals surface area contributed by atoms with Crippen molar-refractivity contribution in [1.29, 1.82) is 5.26 Å². The lowest BCUT2D eigenvalue weighted by atomic mass is 9.34. The van der Waals surface area contributed by atoms with Crippen LogP contribution >= 0.6 is 7.60 Å². The second kappa shape index (κ2) is 9.12. The lowest BCUT2D eigenvalue weighted by molar-refractivity contribution is -0.169. The smallest absolute Gasteiger partial charge is 0.330 e. The number of rotatable bonds is 4. The fourth-order valence-electron chi connectivity index (χ4n) is 10.8. The van der Waals surface area contributed by atoms with Crippen molar-refractivity contribution in [2.45, 2.75) is 99.5 Å². The Morgan fingerprint density at radius 2 is 1.65 bits per heavy atom. The summed E-state index contributed by atoms with van der Waals surface area (Å²) < 4.78 is 24.6. The molecule has 6 nitrogen and oxygen atoms in total. The highest BCUT2D eigenvalue weighted by Crippen LogP contribution is 2.75. The van der Waals surface area contributed by atoms with E-state index < -0.39 is 24.5 Å². The molecule has 5 rings (SSSR count). The van der Waals surface area contributed by atoms with Crippen molar-refractivity contribution in [3.8, 4) is 6.07 Å². The van der Waals surface area contributed by atoms with E-state index in [1.54, 1.807) is 0 Å². The van der Waals surface area contributed by atoms with Gasteiger partial charge in [-0.15, -0.1) is 0 Å². The number of nitriles is 1. The van der Waals surface area contributed by atoms with Crippen LogP contribution in [0.5, 0.6) is 0 Å². The van der Waals surface area contributed by atoms with E-state index in [2.05, 4.69) is 54.5 Å². The highest BCUT2D eigenvalue weighted by atomic mass is 31.2. The SMILES string of the molecule is COP(=O)(C[C@]12CCC(C)(C)C[C@H]1[C@H]1C(=O)C=C3[C@@]4(C)C=C(C#N)C(O)C(C)(C)[C@@H]4CC[C@@]3(C)[C@]1(C)CC2)OC. The van der Waals surface area contributed by atoms with E-state index in [1.165, 1.54) is 14.2 Å². The zero-order valence-electron chi connectivity index (χ0n) is 26.1. The molecule has 40 heavy (non-hydrogen) atoms. The minimum absolute atomic E-state index is 0.0936. The molecule has 0 aromatic heterocycles. The van der Waals surface area contributed by atoms with E-state index in [0.717, 1.165) is 50.5 Å². The Hall–Kier alpha value is -1.25. The highest BCUT2D eigenvalue weighted by Gasteiger charge is 2.70. The maximum absolute atomic E-state index is 14.6. The van der Waals surface area contributed by atoms with Crippen LogP contribution in [0.1, 0.15) is 93.4 Å². The van der Waals surface area contributed by atoms with Crippen molar-refractivity contribution >= 4 is 13.4 Å². The van der Waals surface area contributed by atoms with Gasteiger partial charge in [0.25, 0.3) is 0 Å². The highest BCUT2D eigenvalue weighted by molar-refractivity contribution is 7.53. The molecule has 0 amide bonds. The fourth-order valence-corrected chi connectivity index (χ4v) is 12.5. The third-order valence-electron chi connectivity index (χ3n) is 13.3. The van der Waals surface area contributed by atoms with Gasteiger partial charge in [-0.05, 0) is 89.9 Å². The first-order valence-electron chi connectivity index (χ1n) is 15.2. The molecule has 0 aromatic carbocycles. The first kappa shape index (κ1) is 30.2. The van der Waals surface area contributed by atoms with Crippen molar-refractivity contribution in [3.05, 3.63) is 23.3 Å². The van der Waals surface area contributed by atoms with Crippen LogP contribution in [-0.4, -0.2) is 37.4 Å². The summed E-state index contributed by atoms with van der Waals surface area (Å²) in [5, 5.41) is 21.1. The first-order valence-corrected chi connectivity index (χ1v) is 16.9. The van der Waals surface area contributed by atoms with Gasteiger partial charge in [0.1, 0.15) is 0 Å². The molecule has 0 aliphatic heterocycles. The average Bonchev–Trinajstić information content (AvgIpc) is 2.88. The van der Waals surface area contributed by atoms with E-state index in [9.17, 15) is 19.7 Å². The molecule has 222 valence electrons. The monoisotopic (exact) mass is 571 g/mol. The number of hydrogen-bond acceptors (Lipinski definition) is 6. The van der Waals surface area contributed by atoms with Crippen LogP contribution in [0.2, 0.25) is 0 Å². The van der Waals surface area contributed by atoms with Crippen molar-refractivity contribution in [2.24, 2.45) is 50.2 Å². The molecule has 7 heteroatoms. The van der Waals surface area contributed by atoms with Gasteiger partial charge in [-0.3, -0.25) is 9.36 Å². The quantitative estimate of drug-likeness (QED) is 0.351. The minimum atomic E-state index is -3.28. The zero-order chi connectivity index (χ0) is 29.7. The minimum Gasteiger partial charge on any atom is -0.387 e. The molecule has 0 radical (unpaired) electrons. The molecule has 3 fully saturated rings. The molecule has 0 bridgehead atoms. The molecule has 3 saturated carbocycles. The van der Waals surface area contributed by atoms with E-state index in [-0.39, 0.29) is 45.2 Å². The van der Waals surface area contributed by atoms with Crippen LogP contribution < -0.4 is 0 Å². The van der Waals surface area contributed by atoms with Crippen LogP contribution in [0, 0.1) is 61.6 Å². The summed E-state index contributed by atoms with van der Waals surface area (Å²) in [4.78, 5) is 14.6. The van der Waals surface area contributed by atoms with E-state index in [1.807, 2.05) is 12.2 Å². The van der Waals surface area contributed by atoms with Gasteiger partial charge in [-0.1, -0.05) is 60.1 Å². The van der Waals surface area contributed by atoms with Crippen molar-refractivity contribution in [2.75, 3.05) is 20.4 Å². The standard InChI is InChI=1S/C33H50NO5P/c1-28(2)12-14-33(20-40(37,38-8)39-9)15-13-32(7)26(22(33)18-28)23(35)16-25-30(5)17-21(19-34)27(36)29(3,4)24(30)10-11-31(25,32)6/h16-17,22,24,26-27,36H,10-15,18,20H2,1-9H3/t22-,24-,26-,27?,30-,31+,32+,33+/m0/s1. The molecule has 0 spiro atoms. The van der Waals surface area contributed by atoms with Crippen molar-refractivity contribution in [1.82, 2.24) is 0 Å². The number of allylic oxidation sites excluding steroid dienone is 3. The maximum atomic E-state index is 14.6. The Morgan fingerprint density at radius 1 is 1.02 bits per heavy atom. The Labute approximate surface area is 241 Å². The molecule has 1 unspecified atom stereocenters. The third kappa shape index (κ3) is 3.90. The van der Waals surface area contributed by atoms with Crippen LogP contribution in [0.4, 0.5) is 0 Å². The number of aliphatic hydroxyl groups excluding tert-OH is 1. The topological polar surface area (TPSA) is 96.6 Å². The Bertz CT molecular complexity index is 1250. The van der Waals surface area contributed by atoms with Crippen molar-refractivity contribution in [3.63, 3.8) is 0 Å². The molecular formula is C33H50NO5P. The molecule has 1 N–H and O–H groups in total. The number of fused-ring (bicyclic) bond motifs is 7. The predicted molar refractivity (Wildman–Crippen MR) is 156 cm³/mol. The fraction of sp³-hybridized carbons (Fsp3) is 0.818. The summed E-state index contributed by atoms with van der Waals surface area (Å²) in [5.74, 6) is 0.240. The molecular weight excluding hydrogens is 521 g/mol. The lowest BCUT2D eigenvalue weighted by Crippen LogP contribution is -2.65. The van der Waals surface area contributed by atoms with Gasteiger partial charge < -0.3 is 14.2 Å². The molecule has 8 atom stereocenters. The maximum Gasteiger partial charge on any atom is 0.330 e. The summed E-state index contributed by atoms with van der Waals surface area (Å²) in [6.45, 7) is 15.7. The predicted octanol–water partition coefficient (Wildman–Crippen LogP) is 7.48. The summed E-state index contributed by atoms with van der Waals surface area (Å²) in [6.07, 6.45) is 10.1. The molecule has 5 aliphatic carbocycles. The van der Waals surface area contributed by atoms with Gasteiger partial charge in [0, 0.05) is 25.6 Å². The van der Waals surface area contributed by atoms with Gasteiger partial charge in [0.15, 0.2) is 5.78 Å². The van der Waals surface area contributed by atoms with E-state index >= 15 is 0 Å². The summed E-state index contributed by atoms with van der Waals surface area (Å²) in [6, 6.07) is 2.29. The van der Waals surface area contributed by atoms with Gasteiger partial charge in [-0.25, -0.2) is 0 Å². The molecule has 0 saturated heterocycles. The number of carbonyl (C=O) groups is 1. The zero-order valence-corrected chi connectivity index (χ0v) is 27.0. The third-order valence-corrected chi connectivity index (χ3v) is 15.5. The molecule has 0 aromatic rings. The molecule has 5 aliphatic rings. The number of nitrogens with zero attached hydrogens (tertiary/aromatic N) is 1. The summed E-state index contributed by atoms with van der Waals surface area (Å²) >= 11 is 0. The van der Waals surface area contributed by atoms with Gasteiger partial charge >= 0.3 is 7.60 Å². The second-order valence-corrected chi connectivity index (χ2v) is 18.2.